The van der Waals surface area contributed by atoms with Crippen LogP contribution in [0.4, 0.5) is 0 Å². The lowest BCUT2D eigenvalue weighted by atomic mass is 9.98. The molecule has 3 N–H and O–H groups in total. The minimum absolute atomic E-state index is 0.306. The first-order valence-electron chi connectivity index (χ1n) is 20.8. The number of para-hydroxylation sites is 1. The molecule has 2 aromatic heterocycles. The van der Waals surface area contributed by atoms with Gasteiger partial charge in [-0.3, -0.25) is 10.1 Å². The zero-order valence-electron chi connectivity index (χ0n) is 33.5. The molecular formula is C57H42N4. The third kappa shape index (κ3) is 6.66. The maximum atomic E-state index is 6.88. The second kappa shape index (κ2) is 15.4. The highest BCUT2D eigenvalue weighted by Gasteiger charge is 2.18. The molecule has 0 spiro atoms. The predicted octanol–water partition coefficient (Wildman–Crippen LogP) is 14.2. The molecule has 0 aliphatic heterocycles. The van der Waals surface area contributed by atoms with Crippen molar-refractivity contribution in [1.29, 1.82) is 0 Å². The molecule has 2 heterocycles. The molecule has 11 aromatic rings. The van der Waals surface area contributed by atoms with Crippen molar-refractivity contribution < 1.29 is 0 Å². The van der Waals surface area contributed by atoms with Crippen molar-refractivity contribution in [1.82, 2.24) is 9.24 Å². The highest BCUT2D eigenvalue weighted by atomic mass is 15.4. The average molecular weight is 783 g/mol. The maximum Gasteiger partial charge on any atom is 0.0710 e. The monoisotopic (exact) mass is 782 g/mol. The molecule has 0 radical (unpaired) electrons. The smallest absolute Gasteiger partial charge is 0.0710 e. The molecule has 0 amide bonds. The lowest BCUT2D eigenvalue weighted by Crippen LogP contribution is -2.16. The van der Waals surface area contributed by atoms with Gasteiger partial charge in [0, 0.05) is 27.2 Å². The van der Waals surface area contributed by atoms with Gasteiger partial charge in [-0.05, 0) is 111 Å². The Morgan fingerprint density at radius 2 is 0.770 bits per heavy atom. The summed E-state index contributed by atoms with van der Waals surface area (Å²) in [6, 6.07) is 79.8. The third-order valence-corrected chi connectivity index (χ3v) is 11.9. The second-order valence-corrected chi connectivity index (χ2v) is 15.7. The molecule has 0 fully saturated rings. The molecule has 0 aliphatic rings. The van der Waals surface area contributed by atoms with Crippen LogP contribution in [-0.4, -0.2) is 9.24 Å². The fourth-order valence-electron chi connectivity index (χ4n) is 8.89. The normalized spacial score (nSPS) is 12.4. The summed E-state index contributed by atoms with van der Waals surface area (Å²) in [4.78, 5) is 0. The van der Waals surface area contributed by atoms with Crippen molar-refractivity contribution in [3.63, 3.8) is 0 Å². The van der Waals surface area contributed by atoms with E-state index >= 15 is 0 Å². The molecule has 1 unspecified atom stereocenters. The number of rotatable bonds is 9. The van der Waals surface area contributed by atoms with Crippen molar-refractivity contribution >= 4 is 49.3 Å². The molecule has 1 atom stereocenters. The summed E-state index contributed by atoms with van der Waals surface area (Å²) in [6.45, 7) is 0. The number of aromatic nitrogens is 2. The summed E-state index contributed by atoms with van der Waals surface area (Å²) >= 11 is 0. The van der Waals surface area contributed by atoms with Crippen LogP contribution in [0, 0.1) is 0 Å². The van der Waals surface area contributed by atoms with E-state index in [9.17, 15) is 0 Å². The number of benzene rings is 9. The first-order valence-corrected chi connectivity index (χ1v) is 20.8. The molecule has 0 saturated heterocycles. The van der Waals surface area contributed by atoms with Gasteiger partial charge in [0.1, 0.15) is 0 Å². The number of nitrogens with zero attached hydrogens (tertiary/aromatic N) is 2. The molecule has 61 heavy (non-hydrogen) atoms. The van der Waals surface area contributed by atoms with Crippen LogP contribution in [0.2, 0.25) is 0 Å². The molecular weight excluding hydrogens is 741 g/mol. The lowest BCUT2D eigenvalue weighted by molar-refractivity contribution is 0.907. The van der Waals surface area contributed by atoms with E-state index in [1.807, 2.05) is 24.3 Å². The third-order valence-electron chi connectivity index (χ3n) is 11.9. The molecule has 4 heteroatoms. The molecule has 9 aromatic carbocycles. The first kappa shape index (κ1) is 36.2. The van der Waals surface area contributed by atoms with E-state index in [-0.39, 0.29) is 6.04 Å². The van der Waals surface area contributed by atoms with Crippen molar-refractivity contribution in [2.24, 2.45) is 5.73 Å². The van der Waals surface area contributed by atoms with E-state index in [2.05, 4.69) is 221 Å². The molecule has 0 saturated carbocycles. The quantitative estimate of drug-likeness (QED) is 0.153. The summed E-state index contributed by atoms with van der Waals surface area (Å²) in [7, 11) is 0. The summed E-state index contributed by atoms with van der Waals surface area (Å²) in [5.41, 5.74) is 26.5. The Bertz CT molecular complexity index is 3370. The Hall–Kier alpha value is -7.92. The maximum absolute atomic E-state index is 6.88. The first-order chi connectivity index (χ1) is 30.2. The molecule has 0 bridgehead atoms. The Morgan fingerprint density at radius 3 is 1.25 bits per heavy atom. The SMILES string of the molecule is NC(/C=C(\Nn1c2ccc(-c3ccccc3)cc2c2cc(-c3ccc4c(c3)c3cc(-c5ccccc5)ccc3n4-c3ccccc3)ccc21)c1ccccc1)c1ccccc1. The summed E-state index contributed by atoms with van der Waals surface area (Å²) < 4.78 is 4.61. The van der Waals surface area contributed by atoms with Gasteiger partial charge in [0.2, 0.25) is 0 Å². The standard InChI is InChI=1S/C57H42N4/c58-52(41-20-10-3-11-21-41)38-53(42-22-12-4-13-23-42)59-61-56-32-28-44(40-18-8-2-9-19-40)35-50(56)51-37-46(29-33-57(51)61)45-27-31-55-49(36-45)48-34-43(39-16-6-1-7-17-39)26-30-54(48)60(55)47-24-14-5-15-25-47/h1-38,52,59H,58H2/b53-38-. The van der Waals surface area contributed by atoms with Gasteiger partial charge in [0.25, 0.3) is 0 Å². The lowest BCUT2D eigenvalue weighted by Gasteiger charge is -2.18. The van der Waals surface area contributed by atoms with E-state index in [1.165, 1.54) is 55.0 Å². The largest absolute Gasteiger partial charge is 0.321 e. The second-order valence-electron chi connectivity index (χ2n) is 15.7. The van der Waals surface area contributed by atoms with Crippen LogP contribution in [0.3, 0.4) is 0 Å². The van der Waals surface area contributed by atoms with Crippen LogP contribution in [0.25, 0.3) is 88.4 Å². The minimum Gasteiger partial charge on any atom is -0.321 e. The Kier molecular flexibility index (Phi) is 9.11. The van der Waals surface area contributed by atoms with E-state index in [1.54, 1.807) is 0 Å². The van der Waals surface area contributed by atoms with Gasteiger partial charge < -0.3 is 10.3 Å². The van der Waals surface area contributed by atoms with Crippen molar-refractivity contribution in [2.45, 2.75) is 6.04 Å². The number of fused-ring (bicyclic) bond motifs is 6. The van der Waals surface area contributed by atoms with Crippen LogP contribution in [0.1, 0.15) is 17.2 Å². The summed E-state index contributed by atoms with van der Waals surface area (Å²) in [5, 5.41) is 4.78. The van der Waals surface area contributed by atoms with Crippen molar-refractivity contribution in [2.75, 3.05) is 5.43 Å². The fraction of sp³-hybridized carbons (Fsp3) is 0.0175. The van der Waals surface area contributed by atoms with Gasteiger partial charge in [-0.1, -0.05) is 164 Å². The number of hydrogen-bond acceptors (Lipinski definition) is 2. The van der Waals surface area contributed by atoms with Gasteiger partial charge >= 0.3 is 0 Å². The van der Waals surface area contributed by atoms with E-state index in [0.717, 1.165) is 44.5 Å². The van der Waals surface area contributed by atoms with Gasteiger partial charge in [0.05, 0.1) is 33.8 Å². The van der Waals surface area contributed by atoms with E-state index < -0.39 is 0 Å². The van der Waals surface area contributed by atoms with Crippen LogP contribution in [-0.2, 0) is 0 Å². The molecule has 4 nitrogen and oxygen atoms in total. The zero-order chi connectivity index (χ0) is 40.7. The topological polar surface area (TPSA) is 47.9 Å². The fourth-order valence-corrected chi connectivity index (χ4v) is 8.89. The Morgan fingerprint density at radius 1 is 0.393 bits per heavy atom. The summed E-state index contributed by atoms with van der Waals surface area (Å²) in [5.74, 6) is 0. The van der Waals surface area contributed by atoms with Gasteiger partial charge in [-0.2, -0.15) is 0 Å². The number of nitrogens with one attached hydrogen (secondary N) is 1. The predicted molar refractivity (Wildman–Crippen MR) is 257 cm³/mol. The molecule has 290 valence electrons. The molecule has 0 aliphatic carbocycles. The van der Waals surface area contributed by atoms with E-state index in [4.69, 9.17) is 5.73 Å². The number of hydrogen-bond donors (Lipinski definition) is 2. The highest BCUT2D eigenvalue weighted by molar-refractivity contribution is 6.13. The van der Waals surface area contributed by atoms with E-state index in [0.29, 0.717) is 0 Å². The van der Waals surface area contributed by atoms with Crippen LogP contribution in [0.15, 0.2) is 231 Å². The van der Waals surface area contributed by atoms with Gasteiger partial charge in [0.15, 0.2) is 0 Å². The van der Waals surface area contributed by atoms with Crippen molar-refractivity contribution in [3.8, 4) is 39.1 Å². The molecule has 11 rings (SSSR count). The zero-order valence-corrected chi connectivity index (χ0v) is 33.5. The van der Waals surface area contributed by atoms with Gasteiger partial charge in [-0.15, -0.1) is 0 Å². The van der Waals surface area contributed by atoms with Crippen molar-refractivity contribution in [3.05, 3.63) is 242 Å². The Balaban J connectivity index is 1.10. The van der Waals surface area contributed by atoms with Crippen LogP contribution in [0.5, 0.6) is 0 Å². The minimum atomic E-state index is -0.306. The van der Waals surface area contributed by atoms with Crippen LogP contribution >= 0.6 is 0 Å². The van der Waals surface area contributed by atoms with Crippen LogP contribution < -0.4 is 11.2 Å². The highest BCUT2D eigenvalue weighted by Crippen LogP contribution is 2.40. The Labute approximate surface area is 355 Å². The average Bonchev–Trinajstić information content (AvgIpc) is 3.83. The summed E-state index contributed by atoms with van der Waals surface area (Å²) in [6.07, 6.45) is 2.12. The number of nitrogens with two attached hydrogens (primary N) is 1. The van der Waals surface area contributed by atoms with Gasteiger partial charge in [-0.25, -0.2) is 0 Å².